The maximum atomic E-state index is 5.53. The van der Waals surface area contributed by atoms with Gasteiger partial charge in [-0.2, -0.15) is 0 Å². The average molecular weight is 376 g/mol. The van der Waals surface area contributed by atoms with E-state index in [1.54, 1.807) is 7.11 Å². The van der Waals surface area contributed by atoms with E-state index in [1.807, 2.05) is 18.3 Å². The third-order valence-electron chi connectivity index (χ3n) is 6.03. The molecule has 1 saturated heterocycles. The molecule has 2 heterocycles. The summed E-state index contributed by atoms with van der Waals surface area (Å²) in [4.78, 5) is 9.58. The van der Waals surface area contributed by atoms with E-state index >= 15 is 0 Å². The van der Waals surface area contributed by atoms with Crippen LogP contribution in [-0.2, 0) is 0 Å². The molecule has 1 aromatic heterocycles. The standard InChI is InChI=1S/C24H29N3O/c1-17-16-27(18(2)15-26(17)3)24(20-7-5-9-22(14-20)28-4)21-10-11-23-19(13-21)8-6-12-25-23/h5-14,17-18,24H,15-16H2,1-4H3. The van der Waals surface area contributed by atoms with Gasteiger partial charge >= 0.3 is 0 Å². The molecule has 1 aliphatic rings. The summed E-state index contributed by atoms with van der Waals surface area (Å²) in [7, 11) is 3.96. The van der Waals surface area contributed by atoms with Crippen molar-refractivity contribution in [3.8, 4) is 5.75 Å². The van der Waals surface area contributed by atoms with E-state index in [9.17, 15) is 0 Å². The Kier molecular flexibility index (Phi) is 5.33. The van der Waals surface area contributed by atoms with Gasteiger partial charge in [-0.15, -0.1) is 0 Å². The number of methoxy groups -OCH3 is 1. The molecular weight excluding hydrogens is 346 g/mol. The minimum atomic E-state index is 0.186. The Morgan fingerprint density at radius 1 is 0.964 bits per heavy atom. The van der Waals surface area contributed by atoms with Gasteiger partial charge in [-0.25, -0.2) is 0 Å². The summed E-state index contributed by atoms with van der Waals surface area (Å²) in [6.45, 7) is 6.74. The van der Waals surface area contributed by atoms with E-state index in [-0.39, 0.29) is 6.04 Å². The summed E-state index contributed by atoms with van der Waals surface area (Å²) >= 11 is 0. The topological polar surface area (TPSA) is 28.6 Å². The quantitative estimate of drug-likeness (QED) is 0.678. The molecule has 28 heavy (non-hydrogen) atoms. The molecule has 3 unspecified atom stereocenters. The number of fused-ring (bicyclic) bond motifs is 1. The number of ether oxygens (including phenoxy) is 1. The number of benzene rings is 2. The van der Waals surface area contributed by atoms with E-state index in [0.29, 0.717) is 12.1 Å². The number of likely N-dealkylation sites (N-methyl/N-ethyl adjacent to an activating group) is 1. The monoisotopic (exact) mass is 375 g/mol. The Hall–Kier alpha value is -2.43. The summed E-state index contributed by atoms with van der Waals surface area (Å²) in [6, 6.07) is 20.5. The fourth-order valence-corrected chi connectivity index (χ4v) is 4.34. The van der Waals surface area contributed by atoms with Crippen molar-refractivity contribution in [1.82, 2.24) is 14.8 Å². The Labute approximate surface area is 167 Å². The molecule has 0 amide bonds. The van der Waals surface area contributed by atoms with Crippen molar-refractivity contribution < 1.29 is 4.74 Å². The van der Waals surface area contributed by atoms with Gasteiger partial charge in [0.15, 0.2) is 0 Å². The van der Waals surface area contributed by atoms with Crippen LogP contribution in [0, 0.1) is 0 Å². The van der Waals surface area contributed by atoms with E-state index in [2.05, 4.69) is 78.1 Å². The summed E-state index contributed by atoms with van der Waals surface area (Å²) in [5.41, 5.74) is 3.61. The van der Waals surface area contributed by atoms with Crippen molar-refractivity contribution in [3.05, 3.63) is 71.9 Å². The van der Waals surface area contributed by atoms with Crippen LogP contribution in [0.4, 0.5) is 0 Å². The number of aromatic nitrogens is 1. The lowest BCUT2D eigenvalue weighted by molar-refractivity contribution is 0.0389. The van der Waals surface area contributed by atoms with Gasteiger partial charge in [-0.3, -0.25) is 9.88 Å². The maximum absolute atomic E-state index is 5.53. The molecule has 3 atom stereocenters. The molecule has 0 aliphatic carbocycles. The largest absolute Gasteiger partial charge is 0.497 e. The Balaban J connectivity index is 1.82. The van der Waals surface area contributed by atoms with Crippen LogP contribution in [0.5, 0.6) is 5.75 Å². The fraction of sp³-hybridized carbons (Fsp3) is 0.375. The molecule has 0 bridgehead atoms. The van der Waals surface area contributed by atoms with E-state index in [0.717, 1.165) is 24.4 Å². The second-order valence-corrected chi connectivity index (χ2v) is 7.97. The summed E-state index contributed by atoms with van der Waals surface area (Å²) in [6.07, 6.45) is 1.85. The smallest absolute Gasteiger partial charge is 0.119 e. The minimum Gasteiger partial charge on any atom is -0.497 e. The Morgan fingerprint density at radius 3 is 2.61 bits per heavy atom. The molecule has 4 heteroatoms. The van der Waals surface area contributed by atoms with Crippen LogP contribution < -0.4 is 4.74 Å². The lowest BCUT2D eigenvalue weighted by atomic mass is 9.92. The van der Waals surface area contributed by atoms with E-state index in [1.165, 1.54) is 16.5 Å². The highest BCUT2D eigenvalue weighted by atomic mass is 16.5. The minimum absolute atomic E-state index is 0.186. The molecule has 0 saturated carbocycles. The van der Waals surface area contributed by atoms with Crippen LogP contribution in [0.3, 0.4) is 0 Å². The summed E-state index contributed by atoms with van der Waals surface area (Å²) < 4.78 is 5.53. The Bertz CT molecular complexity index is 957. The second kappa shape index (κ2) is 7.90. The van der Waals surface area contributed by atoms with Gasteiger partial charge in [0.2, 0.25) is 0 Å². The molecule has 3 aromatic rings. The normalized spacial score (nSPS) is 22.3. The number of piperazine rings is 1. The number of rotatable bonds is 4. The van der Waals surface area contributed by atoms with Gasteiger partial charge in [0.25, 0.3) is 0 Å². The van der Waals surface area contributed by atoms with Crippen LogP contribution in [0.15, 0.2) is 60.8 Å². The maximum Gasteiger partial charge on any atom is 0.119 e. The predicted molar refractivity (Wildman–Crippen MR) is 115 cm³/mol. The highest BCUT2D eigenvalue weighted by Gasteiger charge is 2.33. The molecule has 4 rings (SSSR count). The highest BCUT2D eigenvalue weighted by molar-refractivity contribution is 5.79. The van der Waals surface area contributed by atoms with Crippen LogP contribution in [-0.4, -0.2) is 54.1 Å². The van der Waals surface area contributed by atoms with Gasteiger partial charge in [0.1, 0.15) is 5.75 Å². The highest BCUT2D eigenvalue weighted by Crippen LogP contribution is 2.35. The third kappa shape index (κ3) is 3.62. The number of nitrogens with zero attached hydrogens (tertiary/aromatic N) is 3. The van der Waals surface area contributed by atoms with Crippen molar-refractivity contribution in [2.45, 2.75) is 32.0 Å². The van der Waals surface area contributed by atoms with Gasteiger partial charge in [0.05, 0.1) is 18.7 Å². The lowest BCUT2D eigenvalue weighted by Crippen LogP contribution is -2.55. The molecular formula is C24H29N3O. The number of hydrogen-bond donors (Lipinski definition) is 0. The molecule has 0 radical (unpaired) electrons. The van der Waals surface area contributed by atoms with Crippen molar-refractivity contribution in [2.75, 3.05) is 27.2 Å². The first kappa shape index (κ1) is 18.9. The first-order valence-corrected chi connectivity index (χ1v) is 10.0. The van der Waals surface area contributed by atoms with Crippen LogP contribution in [0.25, 0.3) is 10.9 Å². The third-order valence-corrected chi connectivity index (χ3v) is 6.03. The molecule has 146 valence electrons. The molecule has 0 N–H and O–H groups in total. The summed E-state index contributed by atoms with van der Waals surface area (Å²) in [5.74, 6) is 0.903. The van der Waals surface area contributed by atoms with Crippen molar-refractivity contribution in [1.29, 1.82) is 0 Å². The Morgan fingerprint density at radius 2 is 1.79 bits per heavy atom. The first-order valence-electron chi connectivity index (χ1n) is 10.0. The lowest BCUT2D eigenvalue weighted by Gasteiger charge is -2.46. The molecule has 2 aromatic carbocycles. The zero-order valence-corrected chi connectivity index (χ0v) is 17.2. The van der Waals surface area contributed by atoms with E-state index in [4.69, 9.17) is 4.74 Å². The van der Waals surface area contributed by atoms with E-state index < -0.39 is 0 Å². The molecule has 1 aliphatic heterocycles. The molecule has 1 fully saturated rings. The van der Waals surface area contributed by atoms with Crippen molar-refractivity contribution in [2.24, 2.45) is 0 Å². The summed E-state index contributed by atoms with van der Waals surface area (Å²) in [5, 5.41) is 1.18. The molecule has 0 spiro atoms. The van der Waals surface area contributed by atoms with Crippen molar-refractivity contribution in [3.63, 3.8) is 0 Å². The van der Waals surface area contributed by atoms with Gasteiger partial charge in [-0.05, 0) is 62.4 Å². The van der Waals surface area contributed by atoms with Gasteiger partial charge in [-0.1, -0.05) is 24.3 Å². The van der Waals surface area contributed by atoms with Crippen molar-refractivity contribution >= 4 is 10.9 Å². The number of pyridine rings is 1. The van der Waals surface area contributed by atoms with Crippen LogP contribution >= 0.6 is 0 Å². The fourth-order valence-electron chi connectivity index (χ4n) is 4.34. The zero-order chi connectivity index (χ0) is 19.7. The average Bonchev–Trinajstić information content (AvgIpc) is 2.72. The first-order chi connectivity index (χ1) is 13.6. The number of hydrogen-bond acceptors (Lipinski definition) is 4. The predicted octanol–water partition coefficient (Wildman–Crippen LogP) is 4.36. The SMILES string of the molecule is COc1cccc(C(c2ccc3ncccc3c2)N2CC(C)N(C)CC2C)c1. The van der Waals surface area contributed by atoms with Gasteiger partial charge < -0.3 is 9.64 Å². The van der Waals surface area contributed by atoms with Gasteiger partial charge in [0, 0.05) is 36.8 Å². The second-order valence-electron chi connectivity index (χ2n) is 7.97. The van der Waals surface area contributed by atoms with Crippen LogP contribution in [0.2, 0.25) is 0 Å². The molecule has 4 nitrogen and oxygen atoms in total. The van der Waals surface area contributed by atoms with Crippen LogP contribution in [0.1, 0.15) is 31.0 Å². The zero-order valence-electron chi connectivity index (χ0n) is 17.2.